The molecule has 0 saturated carbocycles. The lowest BCUT2D eigenvalue weighted by atomic mass is 10.1. The van der Waals surface area contributed by atoms with Crippen LogP contribution in [-0.4, -0.2) is 54.3 Å². The van der Waals surface area contributed by atoms with E-state index in [1.165, 1.54) is 18.2 Å². The van der Waals surface area contributed by atoms with Crippen molar-refractivity contribution in [2.75, 3.05) is 19.6 Å². The van der Waals surface area contributed by atoms with Crippen LogP contribution in [0.4, 0.5) is 13.2 Å². The minimum absolute atomic E-state index is 0.0851. The number of nitrogens with zero attached hydrogens (tertiary/aromatic N) is 1. The molecule has 0 atom stereocenters. The maximum atomic E-state index is 12.4. The first-order chi connectivity index (χ1) is 12.5. The summed E-state index contributed by atoms with van der Waals surface area (Å²) in [5.41, 5.74) is 0.400. The van der Waals surface area contributed by atoms with Crippen molar-refractivity contribution < 1.29 is 32.3 Å². The number of nitrogens with one attached hydrogen (secondary N) is 2. The van der Waals surface area contributed by atoms with E-state index in [4.69, 9.17) is 0 Å². The minimum atomic E-state index is -4.99. The fraction of sp³-hybridized carbons (Fsp3) is 0.412. The van der Waals surface area contributed by atoms with Crippen LogP contribution in [0.1, 0.15) is 44.9 Å². The number of hydrogen-bond acceptors (Lipinski definition) is 4. The van der Waals surface area contributed by atoms with Crippen molar-refractivity contribution in [2.24, 2.45) is 5.92 Å². The minimum Gasteiger partial charge on any atom is -0.350 e. The summed E-state index contributed by atoms with van der Waals surface area (Å²) in [5, 5.41) is 3.96. The van der Waals surface area contributed by atoms with E-state index in [1.807, 2.05) is 13.8 Å². The Morgan fingerprint density at radius 1 is 1.04 bits per heavy atom. The average Bonchev–Trinajstić information content (AvgIpc) is 2.81. The largest absolute Gasteiger partial charge is 0.471 e. The highest BCUT2D eigenvalue weighted by Crippen LogP contribution is 2.24. The van der Waals surface area contributed by atoms with E-state index in [2.05, 4.69) is 5.32 Å². The Kier molecular flexibility index (Phi) is 5.87. The van der Waals surface area contributed by atoms with Gasteiger partial charge in [0.2, 0.25) is 0 Å². The Hall–Kier alpha value is -2.91. The lowest BCUT2D eigenvalue weighted by Crippen LogP contribution is -2.41. The number of benzene rings is 1. The Morgan fingerprint density at radius 3 is 2.22 bits per heavy atom. The van der Waals surface area contributed by atoms with E-state index < -0.39 is 36.3 Å². The number of hydrogen-bond donors (Lipinski definition) is 2. The summed E-state index contributed by atoms with van der Waals surface area (Å²) < 4.78 is 36.1. The molecular formula is C17H18F3N3O4. The summed E-state index contributed by atoms with van der Waals surface area (Å²) in [5.74, 6) is -3.56. The van der Waals surface area contributed by atoms with Crippen LogP contribution < -0.4 is 10.6 Å². The van der Waals surface area contributed by atoms with Crippen molar-refractivity contribution in [3.05, 3.63) is 34.9 Å². The summed E-state index contributed by atoms with van der Waals surface area (Å²) in [6.45, 7) is 3.34. The summed E-state index contributed by atoms with van der Waals surface area (Å²) in [4.78, 5) is 48.5. The van der Waals surface area contributed by atoms with Gasteiger partial charge in [0, 0.05) is 25.2 Å². The number of amides is 4. The molecule has 146 valence electrons. The standard InChI is InChI=1S/C17H18F3N3O4/c1-9(2)8-23-14(25)11-4-3-10(7-12(11)15(23)26)13(24)21-5-6-22-16(27)17(18,19)20/h3-4,7,9H,5-6,8H2,1-2H3,(H,21,24)(H,22,27). The van der Waals surface area contributed by atoms with Gasteiger partial charge < -0.3 is 10.6 Å². The van der Waals surface area contributed by atoms with E-state index >= 15 is 0 Å². The van der Waals surface area contributed by atoms with E-state index in [1.54, 1.807) is 5.32 Å². The molecule has 10 heteroatoms. The zero-order valence-electron chi connectivity index (χ0n) is 14.6. The van der Waals surface area contributed by atoms with Gasteiger partial charge in [-0.15, -0.1) is 0 Å². The second kappa shape index (κ2) is 7.77. The molecule has 1 aromatic carbocycles. The van der Waals surface area contributed by atoms with Crippen LogP contribution in [-0.2, 0) is 4.79 Å². The topological polar surface area (TPSA) is 95.6 Å². The van der Waals surface area contributed by atoms with Crippen LogP contribution in [0.25, 0.3) is 0 Å². The van der Waals surface area contributed by atoms with Crippen molar-refractivity contribution in [1.29, 1.82) is 0 Å². The van der Waals surface area contributed by atoms with E-state index in [0.29, 0.717) is 0 Å². The summed E-state index contributed by atoms with van der Waals surface area (Å²) in [7, 11) is 0. The summed E-state index contributed by atoms with van der Waals surface area (Å²) >= 11 is 0. The molecule has 0 bridgehead atoms. The lowest BCUT2D eigenvalue weighted by molar-refractivity contribution is -0.173. The van der Waals surface area contributed by atoms with Gasteiger partial charge in [0.1, 0.15) is 0 Å². The molecular weight excluding hydrogens is 367 g/mol. The normalized spacial score (nSPS) is 13.8. The van der Waals surface area contributed by atoms with E-state index in [0.717, 1.165) is 4.90 Å². The first-order valence-corrected chi connectivity index (χ1v) is 8.15. The summed E-state index contributed by atoms with van der Waals surface area (Å²) in [6.07, 6.45) is -4.99. The van der Waals surface area contributed by atoms with Crippen molar-refractivity contribution in [1.82, 2.24) is 15.5 Å². The zero-order valence-corrected chi connectivity index (χ0v) is 14.6. The Bertz CT molecular complexity index is 790. The fourth-order valence-corrected chi connectivity index (χ4v) is 2.52. The maximum Gasteiger partial charge on any atom is 0.471 e. The predicted octanol–water partition coefficient (Wildman–Crippen LogP) is 1.35. The number of carbonyl (C=O) groups is 4. The van der Waals surface area contributed by atoms with Crippen molar-refractivity contribution >= 4 is 23.6 Å². The molecule has 0 fully saturated rings. The Labute approximate surface area is 152 Å². The van der Waals surface area contributed by atoms with Gasteiger partial charge in [-0.05, 0) is 24.1 Å². The van der Waals surface area contributed by atoms with Crippen LogP contribution in [0.5, 0.6) is 0 Å². The highest BCUT2D eigenvalue weighted by atomic mass is 19.4. The van der Waals surface area contributed by atoms with Gasteiger partial charge in [0.25, 0.3) is 17.7 Å². The van der Waals surface area contributed by atoms with Crippen molar-refractivity contribution in [3.8, 4) is 0 Å². The molecule has 1 heterocycles. The maximum absolute atomic E-state index is 12.4. The van der Waals surface area contributed by atoms with Crippen LogP contribution >= 0.6 is 0 Å². The molecule has 0 saturated heterocycles. The quantitative estimate of drug-likeness (QED) is 0.571. The van der Waals surface area contributed by atoms with Crippen LogP contribution in [0.2, 0.25) is 0 Å². The second-order valence-electron chi connectivity index (χ2n) is 6.38. The average molecular weight is 385 g/mol. The third-order valence-electron chi connectivity index (χ3n) is 3.73. The number of imide groups is 1. The van der Waals surface area contributed by atoms with E-state index in [-0.39, 0.29) is 35.7 Å². The van der Waals surface area contributed by atoms with Crippen molar-refractivity contribution in [3.63, 3.8) is 0 Å². The first-order valence-electron chi connectivity index (χ1n) is 8.15. The molecule has 0 radical (unpaired) electrons. The molecule has 1 aliphatic heterocycles. The number of carbonyl (C=O) groups excluding carboxylic acids is 4. The molecule has 1 aromatic rings. The van der Waals surface area contributed by atoms with Gasteiger partial charge in [-0.2, -0.15) is 13.2 Å². The smallest absolute Gasteiger partial charge is 0.350 e. The zero-order chi connectivity index (χ0) is 20.4. The van der Waals surface area contributed by atoms with Crippen LogP contribution in [0, 0.1) is 5.92 Å². The molecule has 0 spiro atoms. The van der Waals surface area contributed by atoms with Gasteiger partial charge in [0.05, 0.1) is 11.1 Å². The van der Waals surface area contributed by atoms with Gasteiger partial charge >= 0.3 is 12.1 Å². The molecule has 0 aliphatic carbocycles. The van der Waals surface area contributed by atoms with Crippen molar-refractivity contribution in [2.45, 2.75) is 20.0 Å². The predicted molar refractivity (Wildman–Crippen MR) is 88.0 cm³/mol. The molecule has 0 aromatic heterocycles. The van der Waals surface area contributed by atoms with Gasteiger partial charge in [-0.3, -0.25) is 24.1 Å². The molecule has 2 rings (SSSR count). The molecule has 1 aliphatic rings. The Morgan fingerprint density at radius 2 is 1.63 bits per heavy atom. The summed E-state index contributed by atoms with van der Waals surface area (Å²) in [6, 6.07) is 4.00. The fourth-order valence-electron chi connectivity index (χ4n) is 2.52. The molecule has 4 amide bonds. The second-order valence-corrected chi connectivity index (χ2v) is 6.38. The number of halogens is 3. The van der Waals surface area contributed by atoms with Gasteiger partial charge in [-0.1, -0.05) is 13.8 Å². The Balaban J connectivity index is 1.99. The highest BCUT2D eigenvalue weighted by Gasteiger charge is 2.38. The van der Waals surface area contributed by atoms with Crippen LogP contribution in [0.15, 0.2) is 18.2 Å². The number of fused-ring (bicyclic) bond motifs is 1. The van der Waals surface area contributed by atoms with Gasteiger partial charge in [-0.25, -0.2) is 0 Å². The molecule has 7 nitrogen and oxygen atoms in total. The molecule has 0 unspecified atom stereocenters. The monoisotopic (exact) mass is 385 g/mol. The van der Waals surface area contributed by atoms with Gasteiger partial charge in [0.15, 0.2) is 0 Å². The number of alkyl halides is 3. The van der Waals surface area contributed by atoms with Crippen LogP contribution in [0.3, 0.4) is 0 Å². The first kappa shape index (κ1) is 20.4. The third kappa shape index (κ3) is 4.63. The molecule has 27 heavy (non-hydrogen) atoms. The lowest BCUT2D eigenvalue weighted by Gasteiger charge is -2.15. The third-order valence-corrected chi connectivity index (χ3v) is 3.73. The highest BCUT2D eigenvalue weighted by molar-refractivity contribution is 6.22. The molecule has 2 N–H and O–H groups in total. The number of rotatable bonds is 6. The van der Waals surface area contributed by atoms with E-state index in [9.17, 15) is 32.3 Å². The SMILES string of the molecule is CC(C)CN1C(=O)c2ccc(C(=O)NCCNC(=O)C(F)(F)F)cc2C1=O.